The van der Waals surface area contributed by atoms with Crippen LogP contribution in [0.1, 0.15) is 29.9 Å². The van der Waals surface area contributed by atoms with E-state index in [0.29, 0.717) is 6.42 Å². The van der Waals surface area contributed by atoms with Crippen LogP contribution in [0.15, 0.2) is 6.33 Å². The number of carboxylic acid groups (broad SMARTS) is 1. The molecule has 0 aromatic carbocycles. The van der Waals surface area contributed by atoms with E-state index in [9.17, 15) is 9.59 Å². The van der Waals surface area contributed by atoms with Crippen molar-refractivity contribution in [2.75, 3.05) is 0 Å². The Labute approximate surface area is 96.8 Å². The first-order valence-corrected chi connectivity index (χ1v) is 5.59. The van der Waals surface area contributed by atoms with Crippen LogP contribution in [0.2, 0.25) is 0 Å². The maximum absolute atomic E-state index is 12.1. The Hall–Kier alpha value is -1.92. The second-order valence-electron chi connectivity index (χ2n) is 4.53. The van der Waals surface area contributed by atoms with Crippen molar-refractivity contribution in [2.45, 2.75) is 31.3 Å². The maximum Gasteiger partial charge on any atom is 0.308 e. The fourth-order valence-corrected chi connectivity index (χ4v) is 3.00. The van der Waals surface area contributed by atoms with Gasteiger partial charge in [0.05, 0.1) is 5.92 Å². The zero-order chi connectivity index (χ0) is 12.0. The Bertz CT molecular complexity index is 458. The summed E-state index contributed by atoms with van der Waals surface area (Å²) in [6.45, 7) is 0. The highest BCUT2D eigenvalue weighted by Gasteiger charge is 2.51. The van der Waals surface area contributed by atoms with Gasteiger partial charge in [-0.15, -0.1) is 0 Å². The smallest absolute Gasteiger partial charge is 0.308 e. The molecule has 0 saturated carbocycles. The van der Waals surface area contributed by atoms with E-state index in [0.717, 1.165) is 12.8 Å². The number of amides is 1. The minimum absolute atomic E-state index is 0.0405. The number of H-pyrrole nitrogens is 1. The predicted molar refractivity (Wildman–Crippen MR) is 55.1 cm³/mol. The zero-order valence-electron chi connectivity index (χ0n) is 9.04. The number of aromatic nitrogens is 3. The predicted octanol–water partition coefficient (Wildman–Crippen LogP) is -0.118. The summed E-state index contributed by atoms with van der Waals surface area (Å²) in [5.74, 6) is -1.29. The van der Waals surface area contributed by atoms with Gasteiger partial charge < -0.3 is 10.0 Å². The first-order valence-electron chi connectivity index (χ1n) is 5.59. The Morgan fingerprint density at radius 2 is 2.29 bits per heavy atom. The molecule has 90 valence electrons. The molecule has 2 bridgehead atoms. The fraction of sp³-hybridized carbons (Fsp3) is 0.600. The summed E-state index contributed by atoms with van der Waals surface area (Å²) < 4.78 is 0. The lowest BCUT2D eigenvalue weighted by atomic mass is 9.89. The molecule has 0 spiro atoms. The van der Waals surface area contributed by atoms with E-state index < -0.39 is 11.9 Å². The Morgan fingerprint density at radius 1 is 1.47 bits per heavy atom. The monoisotopic (exact) mass is 236 g/mol. The molecule has 2 aliphatic rings. The number of aliphatic carboxylic acids is 1. The lowest BCUT2D eigenvalue weighted by Gasteiger charge is -2.21. The first-order chi connectivity index (χ1) is 8.18. The molecule has 3 unspecified atom stereocenters. The Kier molecular flexibility index (Phi) is 2.13. The van der Waals surface area contributed by atoms with E-state index in [2.05, 4.69) is 15.2 Å². The van der Waals surface area contributed by atoms with Crippen molar-refractivity contribution < 1.29 is 14.7 Å². The summed E-state index contributed by atoms with van der Waals surface area (Å²) in [5.41, 5.74) is 0. The molecule has 2 saturated heterocycles. The van der Waals surface area contributed by atoms with Crippen molar-refractivity contribution in [2.24, 2.45) is 5.92 Å². The summed E-state index contributed by atoms with van der Waals surface area (Å²) in [4.78, 5) is 28.7. The number of carbonyl (C=O) groups is 2. The molecule has 1 amide bonds. The number of hydrogen-bond donors (Lipinski definition) is 2. The maximum atomic E-state index is 12.1. The summed E-state index contributed by atoms with van der Waals surface area (Å²) in [6.07, 6.45) is 3.48. The van der Waals surface area contributed by atoms with Gasteiger partial charge in [-0.1, -0.05) is 0 Å². The van der Waals surface area contributed by atoms with Crippen LogP contribution in [0.25, 0.3) is 0 Å². The largest absolute Gasteiger partial charge is 0.481 e. The number of hydrogen-bond acceptors (Lipinski definition) is 4. The van der Waals surface area contributed by atoms with Gasteiger partial charge in [0.1, 0.15) is 6.33 Å². The van der Waals surface area contributed by atoms with Crippen LogP contribution in [-0.4, -0.2) is 49.1 Å². The van der Waals surface area contributed by atoms with Crippen molar-refractivity contribution in [1.82, 2.24) is 20.1 Å². The molecule has 17 heavy (non-hydrogen) atoms. The lowest BCUT2D eigenvalue weighted by molar-refractivity contribution is -0.142. The Morgan fingerprint density at radius 3 is 2.88 bits per heavy atom. The summed E-state index contributed by atoms with van der Waals surface area (Å²) in [7, 11) is 0. The molecule has 3 heterocycles. The quantitative estimate of drug-likeness (QED) is 0.745. The van der Waals surface area contributed by atoms with Crippen LogP contribution in [0.3, 0.4) is 0 Å². The number of nitrogens with zero attached hydrogens (tertiary/aromatic N) is 3. The van der Waals surface area contributed by atoms with Crippen LogP contribution in [-0.2, 0) is 4.79 Å². The highest BCUT2D eigenvalue weighted by Crippen LogP contribution is 2.42. The molecular formula is C10H12N4O3. The van der Waals surface area contributed by atoms with Crippen LogP contribution in [0, 0.1) is 5.92 Å². The highest BCUT2D eigenvalue weighted by molar-refractivity contribution is 5.92. The van der Waals surface area contributed by atoms with Gasteiger partial charge in [0.2, 0.25) is 5.82 Å². The van der Waals surface area contributed by atoms with E-state index in [-0.39, 0.29) is 23.8 Å². The van der Waals surface area contributed by atoms with Gasteiger partial charge in [-0.2, -0.15) is 5.10 Å². The number of aromatic amines is 1. The summed E-state index contributed by atoms with van der Waals surface area (Å²) >= 11 is 0. The molecule has 1 aromatic rings. The normalized spacial score (nSPS) is 30.8. The summed E-state index contributed by atoms with van der Waals surface area (Å²) in [6, 6.07) is -0.145. The van der Waals surface area contributed by atoms with E-state index in [1.807, 2.05) is 0 Å². The van der Waals surface area contributed by atoms with Crippen LogP contribution in [0.4, 0.5) is 0 Å². The van der Waals surface area contributed by atoms with Crippen molar-refractivity contribution in [1.29, 1.82) is 0 Å². The standard InChI is InChI=1S/C10H12N4O3/c15-9(8-11-4-12-13-8)14-5-1-2-7(14)6(3-5)10(16)17/h4-7H,1-3H2,(H,16,17)(H,11,12,13). The van der Waals surface area contributed by atoms with Gasteiger partial charge in [-0.3, -0.25) is 14.7 Å². The Balaban J connectivity index is 1.86. The van der Waals surface area contributed by atoms with E-state index in [1.165, 1.54) is 6.33 Å². The number of fused-ring (bicyclic) bond motifs is 2. The van der Waals surface area contributed by atoms with E-state index >= 15 is 0 Å². The lowest BCUT2D eigenvalue weighted by Crippen LogP contribution is -2.38. The molecule has 2 fully saturated rings. The van der Waals surface area contributed by atoms with E-state index in [4.69, 9.17) is 5.11 Å². The van der Waals surface area contributed by atoms with Gasteiger partial charge in [-0.25, -0.2) is 4.98 Å². The molecule has 2 aliphatic heterocycles. The second kappa shape index (κ2) is 3.54. The molecular weight excluding hydrogens is 224 g/mol. The topological polar surface area (TPSA) is 99.2 Å². The average molecular weight is 236 g/mol. The number of carboxylic acids is 1. The molecule has 2 N–H and O–H groups in total. The average Bonchev–Trinajstić information content (AvgIpc) is 3.03. The van der Waals surface area contributed by atoms with Gasteiger partial charge in [-0.05, 0) is 19.3 Å². The third kappa shape index (κ3) is 1.42. The molecule has 0 aliphatic carbocycles. The molecule has 7 heteroatoms. The number of nitrogens with one attached hydrogen (secondary N) is 1. The third-order valence-electron chi connectivity index (χ3n) is 3.71. The van der Waals surface area contributed by atoms with Gasteiger partial charge in [0, 0.05) is 12.1 Å². The van der Waals surface area contributed by atoms with Crippen molar-refractivity contribution >= 4 is 11.9 Å². The molecule has 3 atom stereocenters. The number of carbonyl (C=O) groups excluding carboxylic acids is 1. The third-order valence-corrected chi connectivity index (χ3v) is 3.71. The molecule has 1 aromatic heterocycles. The molecule has 7 nitrogen and oxygen atoms in total. The van der Waals surface area contributed by atoms with Gasteiger partial charge in [0.15, 0.2) is 0 Å². The summed E-state index contributed by atoms with van der Waals surface area (Å²) in [5, 5.41) is 15.3. The minimum atomic E-state index is -0.812. The van der Waals surface area contributed by atoms with Crippen molar-refractivity contribution in [3.05, 3.63) is 12.2 Å². The van der Waals surface area contributed by atoms with Crippen LogP contribution in [0.5, 0.6) is 0 Å². The van der Waals surface area contributed by atoms with Gasteiger partial charge in [0.25, 0.3) is 5.91 Å². The van der Waals surface area contributed by atoms with Gasteiger partial charge >= 0.3 is 5.97 Å². The molecule has 3 rings (SSSR count). The number of rotatable bonds is 2. The van der Waals surface area contributed by atoms with Crippen LogP contribution >= 0.6 is 0 Å². The van der Waals surface area contributed by atoms with Crippen molar-refractivity contribution in [3.63, 3.8) is 0 Å². The minimum Gasteiger partial charge on any atom is -0.481 e. The van der Waals surface area contributed by atoms with E-state index in [1.54, 1.807) is 4.90 Å². The molecule has 0 radical (unpaired) electrons. The highest BCUT2D eigenvalue weighted by atomic mass is 16.4. The zero-order valence-corrected chi connectivity index (χ0v) is 9.04. The first kappa shape index (κ1) is 10.2. The fourth-order valence-electron chi connectivity index (χ4n) is 3.00. The second-order valence-corrected chi connectivity index (χ2v) is 4.53. The van der Waals surface area contributed by atoms with Crippen molar-refractivity contribution in [3.8, 4) is 0 Å². The van der Waals surface area contributed by atoms with Crippen LogP contribution < -0.4 is 0 Å². The SMILES string of the molecule is O=C(O)C1CC2CCC1N2C(=O)c1ncn[nH]1.